The Hall–Kier alpha value is -3.02. The van der Waals surface area contributed by atoms with Crippen molar-refractivity contribution >= 4 is 22.6 Å². The van der Waals surface area contributed by atoms with Crippen LogP contribution in [0.3, 0.4) is 0 Å². The molecule has 1 fully saturated rings. The van der Waals surface area contributed by atoms with Crippen molar-refractivity contribution in [3.8, 4) is 11.3 Å². The summed E-state index contributed by atoms with van der Waals surface area (Å²) in [6.07, 6.45) is 3.49. The number of amides is 1. The minimum atomic E-state index is 0.0275. The fraction of sp³-hybridized carbons (Fsp3) is 0.300. The summed E-state index contributed by atoms with van der Waals surface area (Å²) in [6.45, 7) is 3.19. The first-order chi connectivity index (χ1) is 12.7. The van der Waals surface area contributed by atoms with Gasteiger partial charge in [0.1, 0.15) is 0 Å². The molecule has 0 unspecified atom stereocenters. The Labute approximate surface area is 152 Å². The van der Waals surface area contributed by atoms with E-state index in [4.69, 9.17) is 4.98 Å². The largest absolute Gasteiger partial charge is 0.353 e. The molecule has 0 spiro atoms. The average molecular weight is 347 g/mol. The highest BCUT2D eigenvalue weighted by molar-refractivity contribution is 5.86. The molecule has 1 aliphatic heterocycles. The van der Waals surface area contributed by atoms with Crippen molar-refractivity contribution in [3.05, 3.63) is 48.7 Å². The maximum Gasteiger partial charge on any atom is 0.245 e. The van der Waals surface area contributed by atoms with E-state index in [-0.39, 0.29) is 11.9 Å². The van der Waals surface area contributed by atoms with Crippen LogP contribution in [-0.2, 0) is 4.79 Å². The van der Waals surface area contributed by atoms with Crippen LogP contribution in [0.5, 0.6) is 0 Å². The predicted octanol–water partition coefficient (Wildman–Crippen LogP) is 2.80. The number of nitrogens with one attached hydrogen (secondary N) is 1. The van der Waals surface area contributed by atoms with Crippen molar-refractivity contribution in [1.82, 2.24) is 20.5 Å². The first kappa shape index (κ1) is 16.4. The number of carbonyl (C=O) groups excluding carboxylic acids is 1. The van der Waals surface area contributed by atoms with Crippen LogP contribution in [0.25, 0.3) is 22.0 Å². The van der Waals surface area contributed by atoms with Crippen molar-refractivity contribution in [3.63, 3.8) is 0 Å². The van der Waals surface area contributed by atoms with Crippen molar-refractivity contribution in [1.29, 1.82) is 0 Å². The molecule has 6 heteroatoms. The molecular formula is C20H21N5O. The van der Waals surface area contributed by atoms with Gasteiger partial charge in [0.15, 0.2) is 0 Å². The molecule has 2 aromatic carbocycles. The number of anilines is 1. The Morgan fingerprint density at radius 2 is 1.88 bits per heavy atom. The number of nitrogens with zero attached hydrogens (tertiary/aromatic N) is 4. The topological polar surface area (TPSA) is 71.0 Å². The van der Waals surface area contributed by atoms with Gasteiger partial charge in [0.2, 0.25) is 11.9 Å². The maximum absolute atomic E-state index is 11.2. The normalized spacial score (nSPS) is 15.2. The molecule has 6 nitrogen and oxygen atoms in total. The number of hydrogen-bond acceptors (Lipinski definition) is 5. The van der Waals surface area contributed by atoms with Crippen LogP contribution in [0.2, 0.25) is 0 Å². The first-order valence-corrected chi connectivity index (χ1v) is 8.90. The lowest BCUT2D eigenvalue weighted by molar-refractivity contribution is -0.119. The quantitative estimate of drug-likeness (QED) is 0.789. The standard InChI is InChI=1S/C20H21N5O/c1-14(26)22-18-8-10-25(11-9-18)20-23-19(13-21-24-20)17-7-6-15-4-2-3-5-16(15)12-17/h2-7,12-13,18H,8-11H2,1H3,(H,22,26). The monoisotopic (exact) mass is 347 g/mol. The van der Waals surface area contributed by atoms with Crippen LogP contribution < -0.4 is 10.2 Å². The lowest BCUT2D eigenvalue weighted by Crippen LogP contribution is -2.44. The van der Waals surface area contributed by atoms with Crippen molar-refractivity contribution in [2.75, 3.05) is 18.0 Å². The second-order valence-electron chi connectivity index (χ2n) is 6.67. The van der Waals surface area contributed by atoms with E-state index in [9.17, 15) is 4.79 Å². The number of rotatable bonds is 3. The van der Waals surface area contributed by atoms with Crippen LogP contribution in [-0.4, -0.2) is 40.2 Å². The maximum atomic E-state index is 11.2. The molecule has 0 saturated carbocycles. The van der Waals surface area contributed by atoms with E-state index < -0.39 is 0 Å². The summed E-state index contributed by atoms with van der Waals surface area (Å²) in [4.78, 5) is 18.1. The number of carbonyl (C=O) groups is 1. The first-order valence-electron chi connectivity index (χ1n) is 8.90. The van der Waals surface area contributed by atoms with Gasteiger partial charge in [-0.3, -0.25) is 4.79 Å². The Balaban J connectivity index is 1.54. The van der Waals surface area contributed by atoms with Crippen LogP contribution in [0.15, 0.2) is 48.7 Å². The number of fused-ring (bicyclic) bond motifs is 1. The van der Waals surface area contributed by atoms with E-state index in [2.05, 4.69) is 50.7 Å². The van der Waals surface area contributed by atoms with E-state index in [1.807, 2.05) is 12.1 Å². The van der Waals surface area contributed by atoms with Crippen LogP contribution in [0.4, 0.5) is 5.95 Å². The number of hydrogen-bond donors (Lipinski definition) is 1. The third kappa shape index (κ3) is 3.49. The van der Waals surface area contributed by atoms with E-state index in [1.165, 1.54) is 10.8 Å². The molecule has 0 aliphatic carbocycles. The van der Waals surface area contributed by atoms with Gasteiger partial charge in [0.05, 0.1) is 11.9 Å². The van der Waals surface area contributed by atoms with Gasteiger partial charge >= 0.3 is 0 Å². The fourth-order valence-electron chi connectivity index (χ4n) is 3.43. The zero-order valence-electron chi connectivity index (χ0n) is 14.7. The molecule has 26 heavy (non-hydrogen) atoms. The fourth-order valence-corrected chi connectivity index (χ4v) is 3.43. The minimum Gasteiger partial charge on any atom is -0.353 e. The van der Waals surface area contributed by atoms with Crippen LogP contribution in [0.1, 0.15) is 19.8 Å². The van der Waals surface area contributed by atoms with Gasteiger partial charge in [-0.05, 0) is 29.7 Å². The molecule has 2 heterocycles. The molecule has 1 saturated heterocycles. The summed E-state index contributed by atoms with van der Waals surface area (Å²) < 4.78 is 0. The van der Waals surface area contributed by atoms with Crippen LogP contribution in [0, 0.1) is 0 Å². The van der Waals surface area contributed by atoms with E-state index >= 15 is 0 Å². The molecule has 0 bridgehead atoms. The minimum absolute atomic E-state index is 0.0275. The second-order valence-corrected chi connectivity index (χ2v) is 6.67. The SMILES string of the molecule is CC(=O)NC1CCN(c2nncc(-c3ccc4ccccc4c3)n2)CC1. The van der Waals surface area contributed by atoms with Crippen molar-refractivity contribution < 1.29 is 4.79 Å². The zero-order valence-corrected chi connectivity index (χ0v) is 14.7. The number of piperidine rings is 1. The molecular weight excluding hydrogens is 326 g/mol. The molecule has 1 aromatic heterocycles. The summed E-state index contributed by atoms with van der Waals surface area (Å²) in [7, 11) is 0. The Kier molecular flexibility index (Phi) is 4.48. The lowest BCUT2D eigenvalue weighted by atomic mass is 10.1. The number of benzene rings is 2. The van der Waals surface area contributed by atoms with Gasteiger partial charge in [-0.25, -0.2) is 4.98 Å². The predicted molar refractivity (Wildman–Crippen MR) is 102 cm³/mol. The van der Waals surface area contributed by atoms with Gasteiger partial charge in [-0.1, -0.05) is 36.4 Å². The van der Waals surface area contributed by atoms with Gasteiger partial charge in [-0.2, -0.15) is 5.10 Å². The van der Waals surface area contributed by atoms with E-state index in [0.29, 0.717) is 5.95 Å². The summed E-state index contributed by atoms with van der Waals surface area (Å²) in [5.74, 6) is 0.677. The summed E-state index contributed by atoms with van der Waals surface area (Å²) in [5.41, 5.74) is 1.86. The molecule has 1 aliphatic rings. The molecule has 3 aromatic rings. The third-order valence-electron chi connectivity index (χ3n) is 4.78. The molecule has 4 rings (SSSR count). The average Bonchev–Trinajstić information content (AvgIpc) is 2.68. The van der Waals surface area contributed by atoms with Crippen molar-refractivity contribution in [2.24, 2.45) is 0 Å². The molecule has 0 atom stereocenters. The van der Waals surface area contributed by atoms with Gasteiger partial charge in [0, 0.05) is 31.6 Å². The highest BCUT2D eigenvalue weighted by Gasteiger charge is 2.22. The highest BCUT2D eigenvalue weighted by Crippen LogP contribution is 2.24. The smallest absolute Gasteiger partial charge is 0.245 e. The molecule has 132 valence electrons. The van der Waals surface area contributed by atoms with E-state index in [1.54, 1.807) is 13.1 Å². The third-order valence-corrected chi connectivity index (χ3v) is 4.78. The van der Waals surface area contributed by atoms with Gasteiger partial charge in [0.25, 0.3) is 0 Å². The van der Waals surface area contributed by atoms with Crippen molar-refractivity contribution in [2.45, 2.75) is 25.8 Å². The zero-order chi connectivity index (χ0) is 17.9. The summed E-state index contributed by atoms with van der Waals surface area (Å²) in [5, 5.41) is 13.7. The van der Waals surface area contributed by atoms with E-state index in [0.717, 1.165) is 37.2 Å². The summed E-state index contributed by atoms with van der Waals surface area (Å²) in [6, 6.07) is 14.8. The van der Waals surface area contributed by atoms with Gasteiger partial charge < -0.3 is 10.2 Å². The Bertz CT molecular complexity index is 934. The molecule has 1 N–H and O–H groups in total. The highest BCUT2D eigenvalue weighted by atomic mass is 16.1. The molecule has 1 amide bonds. The summed E-state index contributed by atoms with van der Waals surface area (Å²) >= 11 is 0. The Morgan fingerprint density at radius 1 is 1.12 bits per heavy atom. The Morgan fingerprint density at radius 3 is 2.65 bits per heavy atom. The molecule has 0 radical (unpaired) electrons. The number of aromatic nitrogens is 3. The lowest BCUT2D eigenvalue weighted by Gasteiger charge is -2.31. The van der Waals surface area contributed by atoms with Crippen LogP contribution >= 0.6 is 0 Å². The van der Waals surface area contributed by atoms with Gasteiger partial charge in [-0.15, -0.1) is 5.10 Å². The second kappa shape index (κ2) is 7.07.